The number of hydrogen-bond acceptors (Lipinski definition) is 4. The molecule has 1 aliphatic carbocycles. The summed E-state index contributed by atoms with van der Waals surface area (Å²) in [7, 11) is -2.94. The molecule has 0 radical (unpaired) electrons. The quantitative estimate of drug-likeness (QED) is 0.682. The zero-order chi connectivity index (χ0) is 20.1. The van der Waals surface area contributed by atoms with Crippen molar-refractivity contribution in [2.75, 3.05) is 23.9 Å². The van der Waals surface area contributed by atoms with Gasteiger partial charge < -0.3 is 10.6 Å². The minimum atomic E-state index is -4.39. The number of rotatable bonds is 7. The molecule has 0 unspecified atom stereocenters. The Morgan fingerprint density at radius 3 is 2.22 bits per heavy atom. The number of halogens is 3. The molecule has 0 aromatic heterocycles. The number of benzene rings is 1. The van der Waals surface area contributed by atoms with Gasteiger partial charge in [0.25, 0.3) is 0 Å². The van der Waals surface area contributed by atoms with Gasteiger partial charge in [-0.1, -0.05) is 0 Å². The van der Waals surface area contributed by atoms with Crippen molar-refractivity contribution in [2.45, 2.75) is 44.3 Å². The van der Waals surface area contributed by atoms with E-state index in [1.807, 2.05) is 0 Å². The molecule has 1 aliphatic rings. The monoisotopic (exact) mass is 406 g/mol. The molecular formula is C18H25F3N2O3S. The first-order valence-electron chi connectivity index (χ1n) is 8.94. The third kappa shape index (κ3) is 7.50. The zero-order valence-corrected chi connectivity index (χ0v) is 16.0. The van der Waals surface area contributed by atoms with E-state index in [0.29, 0.717) is 31.5 Å². The Labute approximate surface area is 157 Å². The molecule has 2 rings (SSSR count). The summed E-state index contributed by atoms with van der Waals surface area (Å²) in [6.07, 6.45) is 0.385. The lowest BCUT2D eigenvalue weighted by molar-refractivity contribution is -0.137. The lowest BCUT2D eigenvalue weighted by atomic mass is 9.85. The van der Waals surface area contributed by atoms with Gasteiger partial charge in [-0.3, -0.25) is 4.79 Å². The van der Waals surface area contributed by atoms with Crippen LogP contribution in [0.3, 0.4) is 0 Å². The molecule has 152 valence electrons. The van der Waals surface area contributed by atoms with E-state index < -0.39 is 21.6 Å². The van der Waals surface area contributed by atoms with Gasteiger partial charge in [-0.2, -0.15) is 13.2 Å². The standard InChI is InChI=1S/C18H25F3N2O3S/c1-27(25,26)12-2-11-22-15-7-3-13(4-8-15)17(24)23-16-9-5-14(6-10-16)18(19,20)21/h5-6,9-10,13,15,22H,2-4,7-8,11-12H2,1H3,(H,23,24). The maximum absolute atomic E-state index is 12.6. The molecular weight excluding hydrogens is 381 g/mol. The number of carbonyl (C=O) groups excluding carboxylic acids is 1. The maximum atomic E-state index is 12.6. The van der Waals surface area contributed by atoms with Crippen molar-refractivity contribution in [3.63, 3.8) is 0 Å². The second kappa shape index (κ2) is 9.05. The number of anilines is 1. The lowest BCUT2D eigenvalue weighted by Gasteiger charge is -2.28. The highest BCUT2D eigenvalue weighted by atomic mass is 32.2. The van der Waals surface area contributed by atoms with E-state index >= 15 is 0 Å². The number of carbonyl (C=O) groups is 1. The Balaban J connectivity index is 1.73. The first-order chi connectivity index (χ1) is 12.5. The summed E-state index contributed by atoms with van der Waals surface area (Å²) < 4.78 is 59.8. The van der Waals surface area contributed by atoms with E-state index in [9.17, 15) is 26.4 Å². The Hall–Kier alpha value is -1.61. The molecule has 1 aromatic carbocycles. The van der Waals surface area contributed by atoms with Crippen LogP contribution >= 0.6 is 0 Å². The average Bonchev–Trinajstić information content (AvgIpc) is 2.58. The summed E-state index contributed by atoms with van der Waals surface area (Å²) in [5.41, 5.74) is -0.392. The second-order valence-electron chi connectivity index (χ2n) is 7.05. The van der Waals surface area contributed by atoms with E-state index in [-0.39, 0.29) is 23.6 Å². The topological polar surface area (TPSA) is 75.3 Å². The molecule has 1 saturated carbocycles. The van der Waals surface area contributed by atoms with Crippen LogP contribution in [0.1, 0.15) is 37.7 Å². The number of sulfone groups is 1. The Kier molecular flexibility index (Phi) is 7.27. The first-order valence-corrected chi connectivity index (χ1v) is 11.0. The zero-order valence-electron chi connectivity index (χ0n) is 15.2. The smallest absolute Gasteiger partial charge is 0.326 e. The van der Waals surface area contributed by atoms with Gasteiger partial charge in [0.1, 0.15) is 9.84 Å². The van der Waals surface area contributed by atoms with Gasteiger partial charge in [0.15, 0.2) is 0 Å². The van der Waals surface area contributed by atoms with Gasteiger partial charge in [-0.25, -0.2) is 8.42 Å². The SMILES string of the molecule is CS(=O)(=O)CCCNC1CCC(C(=O)Nc2ccc(C(F)(F)F)cc2)CC1. The molecule has 0 saturated heterocycles. The van der Waals surface area contributed by atoms with Crippen molar-refractivity contribution in [1.29, 1.82) is 0 Å². The van der Waals surface area contributed by atoms with Crippen LogP contribution in [0, 0.1) is 5.92 Å². The number of hydrogen-bond donors (Lipinski definition) is 2. The van der Waals surface area contributed by atoms with E-state index in [1.165, 1.54) is 18.4 Å². The third-order valence-corrected chi connectivity index (χ3v) is 5.73. The minimum Gasteiger partial charge on any atom is -0.326 e. The fourth-order valence-corrected chi connectivity index (χ4v) is 3.86. The van der Waals surface area contributed by atoms with E-state index in [1.54, 1.807) is 0 Å². The summed E-state index contributed by atoms with van der Waals surface area (Å²) in [4.78, 5) is 12.3. The fraction of sp³-hybridized carbons (Fsp3) is 0.611. The van der Waals surface area contributed by atoms with E-state index in [4.69, 9.17) is 0 Å². The van der Waals surface area contributed by atoms with E-state index in [2.05, 4.69) is 10.6 Å². The average molecular weight is 406 g/mol. The van der Waals surface area contributed by atoms with Crippen molar-refractivity contribution in [1.82, 2.24) is 5.32 Å². The minimum absolute atomic E-state index is 0.158. The molecule has 1 fully saturated rings. The van der Waals surface area contributed by atoms with Crippen molar-refractivity contribution < 1.29 is 26.4 Å². The van der Waals surface area contributed by atoms with Crippen LogP contribution in [0.25, 0.3) is 0 Å². The Morgan fingerprint density at radius 1 is 1.11 bits per heavy atom. The van der Waals surface area contributed by atoms with Crippen LogP contribution < -0.4 is 10.6 Å². The summed E-state index contributed by atoms with van der Waals surface area (Å²) >= 11 is 0. The van der Waals surface area contributed by atoms with Crippen LogP contribution in [0.5, 0.6) is 0 Å². The van der Waals surface area contributed by atoms with Gasteiger partial charge in [0.05, 0.1) is 11.3 Å². The van der Waals surface area contributed by atoms with Crippen LogP contribution in [0.4, 0.5) is 18.9 Å². The maximum Gasteiger partial charge on any atom is 0.416 e. The predicted molar refractivity (Wildman–Crippen MR) is 98.2 cm³/mol. The van der Waals surface area contributed by atoms with E-state index in [0.717, 1.165) is 25.0 Å². The summed E-state index contributed by atoms with van der Waals surface area (Å²) in [6, 6.07) is 4.69. The van der Waals surface area contributed by atoms with Crippen molar-refractivity contribution in [3.05, 3.63) is 29.8 Å². The van der Waals surface area contributed by atoms with Gasteiger partial charge >= 0.3 is 6.18 Å². The van der Waals surface area contributed by atoms with Crippen LogP contribution in [0.15, 0.2) is 24.3 Å². The van der Waals surface area contributed by atoms with Gasteiger partial charge in [-0.05, 0) is 62.9 Å². The molecule has 0 heterocycles. The molecule has 9 heteroatoms. The van der Waals surface area contributed by atoms with Crippen LogP contribution in [0.2, 0.25) is 0 Å². The second-order valence-corrected chi connectivity index (χ2v) is 9.31. The Bertz CT molecular complexity index is 725. The largest absolute Gasteiger partial charge is 0.416 e. The highest BCUT2D eigenvalue weighted by Gasteiger charge is 2.30. The fourth-order valence-electron chi connectivity index (χ4n) is 3.19. The number of amides is 1. The highest BCUT2D eigenvalue weighted by molar-refractivity contribution is 7.90. The summed E-state index contributed by atoms with van der Waals surface area (Å²) in [5, 5.41) is 6.00. The predicted octanol–water partition coefficient (Wildman–Crippen LogP) is 3.23. The van der Waals surface area contributed by atoms with Crippen molar-refractivity contribution in [2.24, 2.45) is 5.92 Å². The molecule has 5 nitrogen and oxygen atoms in total. The van der Waals surface area contributed by atoms with Crippen LogP contribution in [-0.4, -0.2) is 38.9 Å². The third-order valence-electron chi connectivity index (χ3n) is 4.70. The molecule has 0 bridgehead atoms. The molecule has 1 amide bonds. The first kappa shape index (κ1) is 21.7. The molecule has 1 aromatic rings. The summed E-state index contributed by atoms with van der Waals surface area (Å²) in [6.45, 7) is 0.625. The van der Waals surface area contributed by atoms with Crippen LogP contribution in [-0.2, 0) is 20.8 Å². The lowest BCUT2D eigenvalue weighted by Crippen LogP contribution is -2.37. The molecule has 2 N–H and O–H groups in total. The molecule has 0 aliphatic heterocycles. The number of alkyl halides is 3. The van der Waals surface area contributed by atoms with Gasteiger partial charge in [-0.15, -0.1) is 0 Å². The Morgan fingerprint density at radius 2 is 1.70 bits per heavy atom. The molecule has 0 spiro atoms. The molecule has 0 atom stereocenters. The summed E-state index contributed by atoms with van der Waals surface area (Å²) in [5.74, 6) is -0.183. The van der Waals surface area contributed by atoms with Crippen molar-refractivity contribution in [3.8, 4) is 0 Å². The highest BCUT2D eigenvalue weighted by Crippen LogP contribution is 2.30. The van der Waals surface area contributed by atoms with Gasteiger partial charge in [0.2, 0.25) is 5.91 Å². The molecule has 27 heavy (non-hydrogen) atoms. The van der Waals surface area contributed by atoms with Crippen molar-refractivity contribution >= 4 is 21.4 Å². The van der Waals surface area contributed by atoms with Gasteiger partial charge in [0, 0.05) is 23.9 Å². The number of nitrogens with one attached hydrogen (secondary N) is 2. The normalized spacial score (nSPS) is 21.0.